The van der Waals surface area contributed by atoms with E-state index in [1.54, 1.807) is 16.0 Å². The van der Waals surface area contributed by atoms with Gasteiger partial charge in [0.25, 0.3) is 0 Å². The SMILES string of the molecule is CC(C)(C)OC(=O)N1CCC(n2cccn2)CC1.CC1CCN(C(=O)OC(C)(C)C)CC1.CCc1cn[nH]c1.CCc1cnn(C2CCN(C(=O)OC(C)(C)C)CC2)c1.C[C-](I)I.O=C=O.O=C=O.O=C=O.[V]. The van der Waals surface area contributed by atoms with Crippen LogP contribution in [0.4, 0.5) is 14.4 Å². The smallest absolute Gasteiger partial charge is 0.410 e. The summed E-state index contributed by atoms with van der Waals surface area (Å²) in [7, 11) is 0. The van der Waals surface area contributed by atoms with Crippen LogP contribution in [-0.2, 0) is 74.4 Å². The summed E-state index contributed by atoms with van der Waals surface area (Å²) in [5.41, 5.74) is 1.31. The minimum atomic E-state index is -0.425. The zero-order valence-electron chi connectivity index (χ0n) is 44.9. The predicted octanol–water partition coefficient (Wildman–Crippen LogP) is 9.71. The van der Waals surface area contributed by atoms with E-state index in [2.05, 4.69) is 99.5 Å². The van der Waals surface area contributed by atoms with Crippen molar-refractivity contribution in [2.75, 3.05) is 39.3 Å². The molecule has 3 aliphatic rings. The molecule has 411 valence electrons. The van der Waals surface area contributed by atoms with Crippen LogP contribution in [-0.4, -0.2) is 137 Å². The maximum atomic E-state index is 12.0. The van der Waals surface area contributed by atoms with Gasteiger partial charge in [0, 0.05) is 82.6 Å². The molecule has 6 heterocycles. The number of hydrogen-bond donors (Lipinski definition) is 1. The van der Waals surface area contributed by atoms with Crippen molar-refractivity contribution in [3.05, 3.63) is 56.3 Å². The average Bonchev–Trinajstić information content (AvgIpc) is 4.11. The Kier molecular flexibility index (Phi) is 39.9. The molecule has 3 aromatic rings. The number of aromatic amines is 1. The van der Waals surface area contributed by atoms with Crippen molar-refractivity contribution in [1.82, 2.24) is 44.5 Å². The van der Waals surface area contributed by atoms with Gasteiger partial charge in [-0.15, -0.1) is 0 Å². The van der Waals surface area contributed by atoms with Crippen LogP contribution in [0.1, 0.15) is 152 Å². The Morgan fingerprint density at radius 2 is 0.973 bits per heavy atom. The minimum absolute atomic E-state index is 0. The van der Waals surface area contributed by atoms with E-state index in [-0.39, 0.29) is 60.9 Å². The van der Waals surface area contributed by atoms with Crippen molar-refractivity contribution in [1.29, 1.82) is 0 Å². The number of ether oxygens (including phenoxy) is 3. The maximum Gasteiger partial charge on any atom is 0.410 e. The van der Waals surface area contributed by atoms with Crippen molar-refractivity contribution >= 4 is 81.9 Å². The molecule has 6 rings (SSSR count). The first-order valence-electron chi connectivity index (χ1n) is 23.7. The fraction of sp³-hybridized carbons (Fsp3) is 0.673. The van der Waals surface area contributed by atoms with Crippen LogP contribution in [0.3, 0.4) is 0 Å². The molecular formula is C49H78I2N9O12V-. The molecule has 0 spiro atoms. The Morgan fingerprint density at radius 3 is 1.23 bits per heavy atom. The van der Waals surface area contributed by atoms with E-state index in [0.717, 1.165) is 96.6 Å². The fourth-order valence-corrected chi connectivity index (χ4v) is 6.52. The first-order chi connectivity index (χ1) is 33.6. The number of aromatic nitrogens is 6. The van der Waals surface area contributed by atoms with Gasteiger partial charge >= 0.3 is 36.7 Å². The molecule has 3 fully saturated rings. The molecule has 21 nitrogen and oxygen atoms in total. The van der Waals surface area contributed by atoms with Gasteiger partial charge in [0.2, 0.25) is 0 Å². The normalized spacial score (nSPS) is 14.6. The Hall–Kier alpha value is -4.38. The van der Waals surface area contributed by atoms with E-state index in [1.807, 2.05) is 107 Å². The van der Waals surface area contributed by atoms with Gasteiger partial charge in [0.05, 0.1) is 24.5 Å². The monoisotopic (exact) mass is 1290 g/mol. The molecule has 24 heteroatoms. The fourth-order valence-electron chi connectivity index (χ4n) is 6.52. The van der Waals surface area contributed by atoms with Crippen molar-refractivity contribution in [2.45, 2.75) is 170 Å². The number of nitrogens with zero attached hydrogens (tertiary/aromatic N) is 8. The third kappa shape index (κ3) is 37.9. The first kappa shape index (κ1) is 72.9. The van der Waals surface area contributed by atoms with Crippen molar-refractivity contribution in [3.63, 3.8) is 0 Å². The molecule has 3 aliphatic heterocycles. The van der Waals surface area contributed by atoms with Crippen LogP contribution in [0, 0.1) is 7.85 Å². The van der Waals surface area contributed by atoms with Crippen molar-refractivity contribution < 1.29 is 75.9 Å². The summed E-state index contributed by atoms with van der Waals surface area (Å²) in [6.07, 6.45) is 19.7. The van der Waals surface area contributed by atoms with Gasteiger partial charge in [-0.25, -0.2) is 14.4 Å². The Morgan fingerprint density at radius 1 is 0.630 bits per heavy atom. The molecule has 1 radical (unpaired) electrons. The number of nitrogens with one attached hydrogen (secondary N) is 1. The average molecular weight is 1290 g/mol. The summed E-state index contributed by atoms with van der Waals surface area (Å²) in [6, 6.07) is 2.73. The summed E-state index contributed by atoms with van der Waals surface area (Å²) < 4.78 is 21.5. The number of piperidine rings is 3. The number of likely N-dealkylation sites (tertiary alicyclic amines) is 3. The topological polar surface area (TPSA) is 255 Å². The van der Waals surface area contributed by atoms with Gasteiger partial charge in [0.15, 0.2) is 0 Å². The molecule has 0 unspecified atom stereocenters. The summed E-state index contributed by atoms with van der Waals surface area (Å²) in [6.45, 7) is 30.2. The molecule has 0 saturated carbocycles. The van der Waals surface area contributed by atoms with Gasteiger partial charge in [-0.3, -0.25) is 14.5 Å². The van der Waals surface area contributed by atoms with Gasteiger partial charge in [-0.1, -0.05) is 20.8 Å². The van der Waals surface area contributed by atoms with E-state index in [9.17, 15) is 14.4 Å². The third-order valence-corrected chi connectivity index (χ3v) is 9.97. The maximum absolute atomic E-state index is 12.0. The molecule has 73 heavy (non-hydrogen) atoms. The minimum Gasteiger partial charge on any atom is -0.444 e. The number of aryl methyl sites for hydroxylation is 2. The molecule has 1 N–H and O–H groups in total. The van der Waals surface area contributed by atoms with Crippen molar-refractivity contribution in [3.8, 4) is 0 Å². The summed E-state index contributed by atoms with van der Waals surface area (Å²) in [5, 5.41) is 15.2. The number of carbonyl (C=O) groups is 3. The quantitative estimate of drug-likeness (QED) is 0.145. The molecule has 0 aromatic carbocycles. The van der Waals surface area contributed by atoms with Gasteiger partial charge in [-0.05, 0) is 137 Å². The standard InChI is InChI=1S/C15H25N3O2.C13H21N3O2.C11H21NO2.C5H8N2.C2H3I2.3CO2.V/c1-5-12-10-16-18(11-12)13-6-8-17(9-7-13)14(19)20-15(2,3)4;1-13(2,3)18-12(17)15-9-5-11(6-10-15)16-8-4-7-14-16;1-9-5-7-12(8-6-9)10(13)14-11(2,3)4;1-2-5-3-6-7-4-5;1-2(3)4;3*2-1-3;/h10-11,13H,5-9H2,1-4H3;4,7-8,11H,5-6,9-10H2,1-3H3;9H,5-8H2,1-4H3;3-4H,2H2,1H3,(H,6,7);1H3;;;;/q;;;;-1;;;;. The van der Waals surface area contributed by atoms with Crippen LogP contribution in [0.5, 0.6) is 0 Å². The second-order valence-corrected chi connectivity index (χ2v) is 24.7. The number of H-pyrrole nitrogens is 1. The van der Waals surface area contributed by atoms with Crippen molar-refractivity contribution in [2.24, 2.45) is 5.92 Å². The van der Waals surface area contributed by atoms with Gasteiger partial charge in [0.1, 0.15) is 16.8 Å². The number of hydrogen-bond acceptors (Lipinski definition) is 15. The van der Waals surface area contributed by atoms with Crippen LogP contribution in [0.15, 0.2) is 43.2 Å². The third-order valence-electron chi connectivity index (χ3n) is 9.97. The first-order valence-corrected chi connectivity index (χ1v) is 25.9. The van der Waals surface area contributed by atoms with Crippen LogP contribution >= 0.6 is 45.2 Å². The zero-order valence-corrected chi connectivity index (χ0v) is 50.6. The van der Waals surface area contributed by atoms with Crippen LogP contribution in [0.25, 0.3) is 0 Å². The molecule has 3 aromatic heterocycles. The molecule has 3 amide bonds. The van der Waals surface area contributed by atoms with Gasteiger partial charge < -0.3 is 74.1 Å². The summed E-state index contributed by atoms with van der Waals surface area (Å²) in [4.78, 5) is 89.6. The van der Waals surface area contributed by atoms with E-state index in [1.165, 1.54) is 13.1 Å². The summed E-state index contributed by atoms with van der Waals surface area (Å²) >= 11 is 4.49. The number of halogens is 2. The molecule has 0 aliphatic carbocycles. The van der Waals surface area contributed by atoms with E-state index in [0.29, 0.717) is 12.1 Å². The van der Waals surface area contributed by atoms with E-state index >= 15 is 0 Å². The predicted molar refractivity (Wildman–Crippen MR) is 282 cm³/mol. The van der Waals surface area contributed by atoms with Crippen LogP contribution in [0.2, 0.25) is 0 Å². The number of rotatable bonds is 4. The molecule has 0 bridgehead atoms. The molecule has 0 atom stereocenters. The molecular weight excluding hydrogens is 1210 g/mol. The molecule has 3 saturated heterocycles. The summed E-state index contributed by atoms with van der Waals surface area (Å²) in [5.74, 6) is 0.744. The zero-order chi connectivity index (χ0) is 55.5. The number of amides is 3. The largest absolute Gasteiger partial charge is 0.444 e. The Balaban J connectivity index is -0.000000850. The Bertz CT molecular complexity index is 1960. The second-order valence-electron chi connectivity index (χ2n) is 19.4. The van der Waals surface area contributed by atoms with Crippen LogP contribution < -0.4 is 0 Å². The van der Waals surface area contributed by atoms with Gasteiger partial charge in [-0.2, -0.15) is 52.9 Å². The Labute approximate surface area is 470 Å². The number of carbonyl (C=O) groups excluding carboxylic acids is 9. The van der Waals surface area contributed by atoms with E-state index < -0.39 is 11.2 Å². The second kappa shape index (κ2) is 40.0. The van der Waals surface area contributed by atoms with E-state index in [4.69, 9.17) is 43.0 Å².